The number of sulfonamides is 2. The average molecular weight is 579 g/mol. The van der Waals surface area contributed by atoms with Crippen LogP contribution in [-0.4, -0.2) is 58.0 Å². The van der Waals surface area contributed by atoms with Gasteiger partial charge in [-0.05, 0) is 18.9 Å². The third kappa shape index (κ3) is 11.1. The van der Waals surface area contributed by atoms with Gasteiger partial charge in [0.1, 0.15) is 6.54 Å². The lowest BCUT2D eigenvalue weighted by Crippen LogP contribution is -2.44. The van der Waals surface area contributed by atoms with Crippen LogP contribution in [0.1, 0.15) is 31.7 Å². The standard InChI is InChI=1S/C15H28NO3Si.C2F6NO4S2/c1-5-6-9-15-10-7-11-16(14-15)12-8-13-20(17-2,18-3)19-4;3-1(4,5)14(10,11)9-15(12,13)2(6,7)8/h7,10-11,14H,5-6,8-9,12-13H2,1-4H3;/q+1;-1. The number of aromatic nitrogens is 1. The molecule has 0 amide bonds. The molecule has 0 aliphatic carbocycles. The minimum atomic E-state index is -6.72. The summed E-state index contributed by atoms with van der Waals surface area (Å²) >= 11 is 0. The predicted octanol–water partition coefficient (Wildman–Crippen LogP) is 3.64. The number of pyridine rings is 1. The molecular formula is C17H28F6N2O7S2Si. The molecule has 0 aliphatic heterocycles. The lowest BCUT2D eigenvalue weighted by molar-refractivity contribution is -0.697. The Morgan fingerprint density at radius 1 is 0.914 bits per heavy atom. The van der Waals surface area contributed by atoms with Crippen molar-refractivity contribution in [3.8, 4) is 0 Å². The molecule has 0 aliphatic rings. The molecule has 1 rings (SSSR count). The first-order valence-corrected chi connectivity index (χ1v) is 14.7. The van der Waals surface area contributed by atoms with E-state index in [1.54, 1.807) is 21.3 Å². The molecule has 1 aromatic rings. The number of rotatable bonds is 12. The Labute approximate surface area is 201 Å². The van der Waals surface area contributed by atoms with E-state index in [0.717, 1.165) is 29.6 Å². The topological polar surface area (TPSA) is 114 Å². The fourth-order valence-corrected chi connectivity index (χ4v) is 5.91. The third-order valence-electron chi connectivity index (χ3n) is 4.35. The fourth-order valence-electron chi connectivity index (χ4n) is 2.49. The van der Waals surface area contributed by atoms with Crippen LogP contribution in [0, 0.1) is 0 Å². The number of aryl methyl sites for hydroxylation is 2. The second kappa shape index (κ2) is 13.8. The number of nitrogens with zero attached hydrogens (tertiary/aromatic N) is 2. The van der Waals surface area contributed by atoms with Gasteiger partial charge in [-0.1, -0.05) is 13.3 Å². The predicted molar refractivity (Wildman–Crippen MR) is 115 cm³/mol. The lowest BCUT2D eigenvalue weighted by Gasteiger charge is -2.23. The van der Waals surface area contributed by atoms with E-state index in [-0.39, 0.29) is 0 Å². The summed E-state index contributed by atoms with van der Waals surface area (Å²) in [5.41, 5.74) is -11.0. The smallest absolute Gasteiger partial charge is 0.421 e. The van der Waals surface area contributed by atoms with E-state index < -0.39 is 39.9 Å². The summed E-state index contributed by atoms with van der Waals surface area (Å²) in [7, 11) is -10.9. The fraction of sp³-hybridized carbons (Fsp3) is 0.706. The van der Waals surface area contributed by atoms with Crippen LogP contribution in [0.3, 0.4) is 0 Å². The molecule has 0 aromatic carbocycles. The van der Waals surface area contributed by atoms with Crippen LogP contribution in [-0.2, 0) is 46.3 Å². The van der Waals surface area contributed by atoms with Gasteiger partial charge in [0.2, 0.25) is 0 Å². The van der Waals surface area contributed by atoms with Gasteiger partial charge in [0.05, 0.1) is 0 Å². The van der Waals surface area contributed by atoms with Gasteiger partial charge >= 0.3 is 19.8 Å². The van der Waals surface area contributed by atoms with Gasteiger partial charge in [0.25, 0.3) is 0 Å². The number of halogens is 6. The highest BCUT2D eigenvalue weighted by atomic mass is 32.3. The van der Waals surface area contributed by atoms with E-state index in [0.29, 0.717) is 0 Å². The Balaban J connectivity index is 0.000000691. The first-order valence-electron chi connectivity index (χ1n) is 9.90. The summed E-state index contributed by atoms with van der Waals surface area (Å²) in [6, 6.07) is 5.16. The van der Waals surface area contributed by atoms with Crippen LogP contribution in [0.15, 0.2) is 24.5 Å². The third-order valence-corrected chi connectivity index (χ3v) is 9.92. The first-order chi connectivity index (χ1) is 15.9. The molecular weight excluding hydrogens is 550 g/mol. The van der Waals surface area contributed by atoms with Crippen LogP contribution in [0.25, 0.3) is 4.13 Å². The molecule has 0 saturated heterocycles. The summed E-state index contributed by atoms with van der Waals surface area (Å²) in [5.74, 6) is 0. The van der Waals surface area contributed by atoms with Gasteiger partial charge in [-0.25, -0.2) is 21.4 Å². The van der Waals surface area contributed by atoms with Crippen molar-refractivity contribution in [1.82, 2.24) is 0 Å². The second-order valence-electron chi connectivity index (χ2n) is 6.87. The Bertz CT molecular complexity index is 935. The monoisotopic (exact) mass is 578 g/mol. The molecule has 0 saturated carbocycles. The second-order valence-corrected chi connectivity index (χ2v) is 13.4. The van der Waals surface area contributed by atoms with Crippen molar-refractivity contribution in [3.63, 3.8) is 0 Å². The Morgan fingerprint density at radius 2 is 1.40 bits per heavy atom. The molecule has 0 bridgehead atoms. The largest absolute Gasteiger partial charge is 0.500 e. The summed E-state index contributed by atoms with van der Waals surface area (Å²) in [6.07, 6.45) is 8.99. The van der Waals surface area contributed by atoms with Gasteiger partial charge < -0.3 is 17.4 Å². The van der Waals surface area contributed by atoms with Gasteiger partial charge in [0.15, 0.2) is 32.4 Å². The van der Waals surface area contributed by atoms with Crippen molar-refractivity contribution in [2.75, 3.05) is 21.3 Å². The molecule has 0 unspecified atom stereocenters. The van der Waals surface area contributed by atoms with E-state index in [1.165, 1.54) is 18.4 Å². The van der Waals surface area contributed by atoms with Gasteiger partial charge in [0, 0.05) is 45.4 Å². The van der Waals surface area contributed by atoms with Crippen LogP contribution in [0.4, 0.5) is 26.3 Å². The molecule has 0 fully saturated rings. The zero-order chi connectivity index (χ0) is 27.6. The van der Waals surface area contributed by atoms with Crippen LogP contribution < -0.4 is 4.57 Å². The Kier molecular flexibility index (Phi) is 13.3. The molecule has 9 nitrogen and oxygen atoms in total. The molecule has 0 N–H and O–H groups in total. The minimum Gasteiger partial charge on any atom is -0.421 e. The number of unbranched alkanes of at least 4 members (excludes halogenated alkanes) is 1. The van der Waals surface area contributed by atoms with E-state index in [4.69, 9.17) is 13.3 Å². The molecule has 0 atom stereocenters. The molecule has 1 aromatic heterocycles. The summed E-state index contributed by atoms with van der Waals surface area (Å²) in [4.78, 5) is 0. The quantitative estimate of drug-likeness (QED) is 0.211. The number of alkyl halides is 6. The lowest BCUT2D eigenvalue weighted by atomic mass is 10.1. The zero-order valence-corrected chi connectivity index (χ0v) is 22.0. The van der Waals surface area contributed by atoms with Crippen molar-refractivity contribution < 1.29 is 61.0 Å². The van der Waals surface area contributed by atoms with Crippen LogP contribution in [0.2, 0.25) is 6.04 Å². The molecule has 0 spiro atoms. The van der Waals surface area contributed by atoms with Crippen molar-refractivity contribution >= 4 is 28.9 Å². The van der Waals surface area contributed by atoms with E-state index >= 15 is 0 Å². The molecule has 1 heterocycles. The zero-order valence-electron chi connectivity index (χ0n) is 19.4. The van der Waals surface area contributed by atoms with E-state index in [9.17, 15) is 43.2 Å². The molecule has 18 heteroatoms. The van der Waals surface area contributed by atoms with Crippen molar-refractivity contribution in [2.45, 2.75) is 56.2 Å². The van der Waals surface area contributed by atoms with Crippen LogP contribution >= 0.6 is 0 Å². The van der Waals surface area contributed by atoms with Gasteiger partial charge in [-0.3, -0.25) is 0 Å². The van der Waals surface area contributed by atoms with E-state index in [1.807, 2.05) is 0 Å². The Morgan fingerprint density at radius 3 is 1.80 bits per heavy atom. The first kappa shape index (κ1) is 33.7. The average Bonchev–Trinajstić information content (AvgIpc) is 2.74. The maximum atomic E-state index is 11.4. The van der Waals surface area contributed by atoms with Gasteiger partial charge in [-0.15, -0.1) is 0 Å². The molecule has 206 valence electrons. The molecule has 35 heavy (non-hydrogen) atoms. The molecule has 0 radical (unpaired) electrons. The van der Waals surface area contributed by atoms with E-state index in [2.05, 4.69) is 36.0 Å². The van der Waals surface area contributed by atoms with Crippen molar-refractivity contribution in [3.05, 3.63) is 34.2 Å². The summed E-state index contributed by atoms with van der Waals surface area (Å²) in [6.45, 7) is 3.19. The summed E-state index contributed by atoms with van der Waals surface area (Å²) < 4.78 is 128. The van der Waals surface area contributed by atoms with Crippen molar-refractivity contribution in [2.24, 2.45) is 0 Å². The summed E-state index contributed by atoms with van der Waals surface area (Å²) in [5, 5.41) is 0. The van der Waals surface area contributed by atoms with Crippen LogP contribution in [0.5, 0.6) is 0 Å². The highest BCUT2D eigenvalue weighted by Crippen LogP contribution is 2.36. The number of hydrogen-bond donors (Lipinski definition) is 0. The van der Waals surface area contributed by atoms with Crippen molar-refractivity contribution in [1.29, 1.82) is 0 Å². The normalized spacial score (nSPS) is 13.3. The van der Waals surface area contributed by atoms with Gasteiger partial charge in [-0.2, -0.15) is 26.3 Å². The highest BCUT2D eigenvalue weighted by molar-refractivity contribution is 8.13. The Hall–Kier alpha value is -1.31. The maximum Gasteiger partial charge on any atom is 0.500 e. The SMILES string of the molecule is CCCCc1ccc[n+](CCC[Si](OC)(OC)OC)c1.O=S(=O)([N-]S(=O)(=O)C(F)(F)F)C(F)(F)F. The minimum absolute atomic E-state index is 0.778. The number of hydrogen-bond acceptors (Lipinski definition) is 7. The highest BCUT2D eigenvalue weighted by Gasteiger charge is 2.47. The maximum absolute atomic E-state index is 11.4.